The highest BCUT2D eigenvalue weighted by Gasteiger charge is 2.19. The predicted octanol–water partition coefficient (Wildman–Crippen LogP) is 2.42. The van der Waals surface area contributed by atoms with Gasteiger partial charge in [0.2, 0.25) is 5.69 Å². The average Bonchev–Trinajstić information content (AvgIpc) is 2.14. The molecule has 1 aromatic carbocycles. The molecule has 2 N–H and O–H groups in total. The van der Waals surface area contributed by atoms with Crippen molar-refractivity contribution in [3.8, 4) is 11.5 Å². The Labute approximate surface area is 93.0 Å². The van der Waals surface area contributed by atoms with E-state index in [1.165, 1.54) is 0 Å². The van der Waals surface area contributed by atoms with Crippen LogP contribution in [0.15, 0.2) is 24.0 Å². The number of phenolic OH excluding ortho intramolecular Hbond substituents is 1. The van der Waals surface area contributed by atoms with Crippen LogP contribution in [0.3, 0.4) is 0 Å². The molecule has 3 heteroatoms. The SMILES string of the molecule is CC1=Cc2[nH+]c(C)cc3cc(O)cc(c23)O1. The molecule has 0 fully saturated rings. The minimum Gasteiger partial charge on any atom is -0.508 e. The van der Waals surface area contributed by atoms with E-state index in [-0.39, 0.29) is 5.75 Å². The molecule has 3 nitrogen and oxygen atoms in total. The number of aromatic nitrogens is 1. The molecule has 0 aliphatic carbocycles. The number of aromatic hydroxyl groups is 1. The molecule has 16 heavy (non-hydrogen) atoms. The summed E-state index contributed by atoms with van der Waals surface area (Å²) in [6.07, 6.45) is 1.97. The normalized spacial score (nSPS) is 13.5. The van der Waals surface area contributed by atoms with Gasteiger partial charge in [0.1, 0.15) is 17.3 Å². The molecule has 80 valence electrons. The lowest BCUT2D eigenvalue weighted by Crippen LogP contribution is -2.15. The molecule has 1 aliphatic heterocycles. The Morgan fingerprint density at radius 2 is 2.00 bits per heavy atom. The van der Waals surface area contributed by atoms with E-state index in [9.17, 15) is 5.11 Å². The van der Waals surface area contributed by atoms with Crippen molar-refractivity contribution in [2.45, 2.75) is 13.8 Å². The monoisotopic (exact) mass is 214 g/mol. The zero-order valence-electron chi connectivity index (χ0n) is 9.16. The second-order valence-electron chi connectivity index (χ2n) is 4.13. The van der Waals surface area contributed by atoms with Gasteiger partial charge in [0.25, 0.3) is 0 Å². The van der Waals surface area contributed by atoms with E-state index in [0.717, 1.165) is 27.9 Å². The number of allylic oxidation sites excluding steroid dienone is 1. The zero-order valence-corrected chi connectivity index (χ0v) is 9.16. The van der Waals surface area contributed by atoms with E-state index >= 15 is 0 Å². The van der Waals surface area contributed by atoms with E-state index in [0.29, 0.717) is 5.75 Å². The Morgan fingerprint density at radius 1 is 1.19 bits per heavy atom. The van der Waals surface area contributed by atoms with E-state index in [2.05, 4.69) is 4.98 Å². The summed E-state index contributed by atoms with van der Waals surface area (Å²) in [7, 11) is 0. The quantitative estimate of drug-likeness (QED) is 0.731. The number of benzene rings is 1. The maximum absolute atomic E-state index is 9.62. The largest absolute Gasteiger partial charge is 0.508 e. The summed E-state index contributed by atoms with van der Waals surface area (Å²) in [6, 6.07) is 5.40. The third-order valence-corrected chi connectivity index (χ3v) is 2.71. The number of hydrogen-bond donors (Lipinski definition) is 1. The van der Waals surface area contributed by atoms with Crippen molar-refractivity contribution < 1.29 is 14.8 Å². The Hall–Kier alpha value is -2.03. The molecule has 1 aromatic heterocycles. The van der Waals surface area contributed by atoms with Crippen LogP contribution < -0.4 is 9.72 Å². The Balaban J connectivity index is 2.49. The van der Waals surface area contributed by atoms with Gasteiger partial charge in [-0.25, -0.2) is 4.98 Å². The first kappa shape index (κ1) is 9.21. The highest BCUT2D eigenvalue weighted by atomic mass is 16.5. The Kier molecular flexibility index (Phi) is 1.72. The summed E-state index contributed by atoms with van der Waals surface area (Å²) in [6.45, 7) is 3.90. The van der Waals surface area contributed by atoms with Gasteiger partial charge < -0.3 is 9.84 Å². The number of ether oxygens (including phenoxy) is 1. The number of hydrogen-bond acceptors (Lipinski definition) is 2. The highest BCUT2D eigenvalue weighted by Crippen LogP contribution is 2.36. The summed E-state index contributed by atoms with van der Waals surface area (Å²) in [5.41, 5.74) is 2.10. The summed E-state index contributed by atoms with van der Waals surface area (Å²) in [5, 5.41) is 11.6. The molecule has 0 spiro atoms. The van der Waals surface area contributed by atoms with Crippen LogP contribution in [-0.2, 0) is 0 Å². The number of phenols is 1. The fourth-order valence-electron chi connectivity index (χ4n) is 2.16. The molecule has 2 aromatic rings. The number of aromatic amines is 1. The van der Waals surface area contributed by atoms with Gasteiger partial charge in [-0.1, -0.05) is 0 Å². The lowest BCUT2D eigenvalue weighted by Gasteiger charge is -2.14. The summed E-state index contributed by atoms with van der Waals surface area (Å²) in [4.78, 5) is 3.30. The van der Waals surface area contributed by atoms with E-state index in [1.54, 1.807) is 12.1 Å². The minimum absolute atomic E-state index is 0.230. The standard InChI is InChI=1S/C13H11NO2/c1-7-3-9-5-10(15)6-12-13(9)11(14-7)4-8(2)16-12/h3-6,15H,1-2H3/p+1. The first-order valence-electron chi connectivity index (χ1n) is 5.19. The van der Waals surface area contributed by atoms with Gasteiger partial charge >= 0.3 is 0 Å². The second kappa shape index (κ2) is 2.98. The molecule has 0 bridgehead atoms. The van der Waals surface area contributed by atoms with Crippen LogP contribution in [0.1, 0.15) is 18.3 Å². The van der Waals surface area contributed by atoms with Crippen LogP contribution in [0.2, 0.25) is 0 Å². The van der Waals surface area contributed by atoms with Crippen molar-refractivity contribution in [1.29, 1.82) is 0 Å². The van der Waals surface area contributed by atoms with Crippen LogP contribution >= 0.6 is 0 Å². The number of nitrogens with one attached hydrogen (secondary N) is 1. The maximum Gasteiger partial charge on any atom is 0.218 e. The summed E-state index contributed by atoms with van der Waals surface area (Å²) in [5.74, 6) is 1.76. The van der Waals surface area contributed by atoms with Crippen molar-refractivity contribution in [3.63, 3.8) is 0 Å². The fourth-order valence-corrected chi connectivity index (χ4v) is 2.16. The molecule has 1 aliphatic rings. The average molecular weight is 214 g/mol. The molecule has 0 saturated heterocycles. The summed E-state index contributed by atoms with van der Waals surface area (Å²) >= 11 is 0. The predicted molar refractivity (Wildman–Crippen MR) is 61.2 cm³/mol. The number of pyridine rings is 1. The first-order valence-corrected chi connectivity index (χ1v) is 5.19. The molecule has 0 saturated carbocycles. The molecule has 2 heterocycles. The van der Waals surface area contributed by atoms with Crippen molar-refractivity contribution in [2.24, 2.45) is 0 Å². The van der Waals surface area contributed by atoms with Gasteiger partial charge in [0.05, 0.1) is 5.39 Å². The molecule has 0 atom stereocenters. The highest BCUT2D eigenvalue weighted by molar-refractivity contribution is 5.95. The molecular formula is C13H12NO2+. The van der Waals surface area contributed by atoms with Crippen LogP contribution in [-0.4, -0.2) is 5.11 Å². The van der Waals surface area contributed by atoms with Crippen LogP contribution in [0, 0.1) is 6.92 Å². The van der Waals surface area contributed by atoms with Crippen molar-refractivity contribution in [2.75, 3.05) is 0 Å². The molecule has 3 rings (SSSR count). The van der Waals surface area contributed by atoms with Gasteiger partial charge in [-0.3, -0.25) is 0 Å². The lowest BCUT2D eigenvalue weighted by atomic mass is 10.0. The van der Waals surface area contributed by atoms with E-state index in [1.807, 2.05) is 26.0 Å². The minimum atomic E-state index is 0.230. The first-order chi connectivity index (χ1) is 7.63. The third kappa shape index (κ3) is 1.25. The number of H-pyrrole nitrogens is 1. The van der Waals surface area contributed by atoms with E-state index in [4.69, 9.17) is 4.74 Å². The Bertz CT molecular complexity index is 624. The number of rotatable bonds is 0. The fraction of sp³-hybridized carbons (Fsp3) is 0.154. The third-order valence-electron chi connectivity index (χ3n) is 2.71. The van der Waals surface area contributed by atoms with Gasteiger partial charge in [-0.05, 0) is 13.0 Å². The maximum atomic E-state index is 9.62. The van der Waals surface area contributed by atoms with Crippen LogP contribution in [0.5, 0.6) is 11.5 Å². The molecule has 0 amide bonds. The molecule has 0 unspecified atom stereocenters. The molecule has 0 radical (unpaired) electrons. The van der Waals surface area contributed by atoms with Gasteiger partial charge in [0, 0.05) is 30.5 Å². The second-order valence-corrected chi connectivity index (χ2v) is 4.13. The lowest BCUT2D eigenvalue weighted by molar-refractivity contribution is -0.388. The Morgan fingerprint density at radius 3 is 2.81 bits per heavy atom. The number of aryl methyl sites for hydroxylation is 1. The van der Waals surface area contributed by atoms with Crippen molar-refractivity contribution in [1.82, 2.24) is 0 Å². The van der Waals surface area contributed by atoms with E-state index < -0.39 is 0 Å². The van der Waals surface area contributed by atoms with Gasteiger partial charge in [-0.15, -0.1) is 0 Å². The topological polar surface area (TPSA) is 43.6 Å². The van der Waals surface area contributed by atoms with Crippen LogP contribution in [0.4, 0.5) is 0 Å². The summed E-state index contributed by atoms with van der Waals surface area (Å²) < 4.78 is 5.61. The van der Waals surface area contributed by atoms with Crippen molar-refractivity contribution >= 4 is 16.8 Å². The zero-order chi connectivity index (χ0) is 11.3. The smallest absolute Gasteiger partial charge is 0.218 e. The van der Waals surface area contributed by atoms with Gasteiger partial charge in [0.15, 0.2) is 5.69 Å². The van der Waals surface area contributed by atoms with Crippen LogP contribution in [0.25, 0.3) is 16.8 Å². The van der Waals surface area contributed by atoms with Crippen molar-refractivity contribution in [3.05, 3.63) is 35.3 Å². The van der Waals surface area contributed by atoms with Gasteiger partial charge in [-0.2, -0.15) is 0 Å². The molecular weight excluding hydrogens is 202 g/mol.